The third kappa shape index (κ3) is 10.2. The Bertz CT molecular complexity index is 93.7. The second-order valence-corrected chi connectivity index (χ2v) is 5.45. The Morgan fingerprint density at radius 1 is 1.09 bits per heavy atom. The minimum atomic E-state index is -0.134. The molecule has 11 heavy (non-hydrogen) atoms. The Morgan fingerprint density at radius 2 is 1.55 bits per heavy atom. The van der Waals surface area contributed by atoms with E-state index in [1.165, 1.54) is 0 Å². The summed E-state index contributed by atoms with van der Waals surface area (Å²) in [6.45, 7) is 10.9. The Balaban J connectivity index is 3.44. The van der Waals surface area contributed by atoms with E-state index in [1.807, 2.05) is 34.6 Å². The summed E-state index contributed by atoms with van der Waals surface area (Å²) in [4.78, 5) is -0.134. The lowest BCUT2D eigenvalue weighted by Gasteiger charge is -2.22. The van der Waals surface area contributed by atoms with Gasteiger partial charge in [-0.3, -0.25) is 0 Å². The normalized spacial score (nSPS) is 13.6. The number of halogens is 1. The maximum atomic E-state index is 5.98. The van der Waals surface area contributed by atoms with Gasteiger partial charge in [-0.05, 0) is 41.0 Å². The van der Waals surface area contributed by atoms with Crippen molar-refractivity contribution in [2.75, 3.05) is 6.61 Å². The van der Waals surface area contributed by atoms with E-state index in [2.05, 4.69) is 0 Å². The Kier molecular flexibility index (Phi) is 3.86. The van der Waals surface area contributed by atoms with Gasteiger partial charge in [0.1, 0.15) is 0 Å². The average molecular weight is 179 g/mol. The van der Waals surface area contributed by atoms with Crippen molar-refractivity contribution in [2.45, 2.75) is 51.5 Å². The molecule has 0 aromatic carbocycles. The summed E-state index contributed by atoms with van der Waals surface area (Å²) in [5.74, 6) is 0. The first kappa shape index (κ1) is 11.2. The highest BCUT2D eigenvalue weighted by atomic mass is 35.5. The second kappa shape index (κ2) is 3.77. The van der Waals surface area contributed by atoms with E-state index < -0.39 is 0 Å². The van der Waals surface area contributed by atoms with Crippen molar-refractivity contribution >= 4 is 11.6 Å². The van der Waals surface area contributed by atoms with Crippen LogP contribution in [0.5, 0.6) is 0 Å². The van der Waals surface area contributed by atoms with E-state index in [0.717, 1.165) is 13.0 Å². The van der Waals surface area contributed by atoms with Gasteiger partial charge in [-0.2, -0.15) is 0 Å². The molecule has 68 valence electrons. The Hall–Kier alpha value is 0.250. The van der Waals surface area contributed by atoms with Crippen molar-refractivity contribution in [1.29, 1.82) is 0 Å². The molecule has 0 saturated carbocycles. The topological polar surface area (TPSA) is 9.23 Å². The van der Waals surface area contributed by atoms with E-state index in [4.69, 9.17) is 16.3 Å². The summed E-state index contributed by atoms with van der Waals surface area (Å²) in [5.41, 5.74) is -0.0395. The van der Waals surface area contributed by atoms with Crippen LogP contribution in [0, 0.1) is 0 Å². The third-order valence-corrected chi connectivity index (χ3v) is 1.42. The van der Waals surface area contributed by atoms with Crippen LogP contribution in [0.4, 0.5) is 0 Å². The molecule has 0 aliphatic heterocycles. The molecule has 0 fully saturated rings. The Morgan fingerprint density at radius 3 is 1.82 bits per heavy atom. The fourth-order valence-corrected chi connectivity index (χ4v) is 0.677. The van der Waals surface area contributed by atoms with Gasteiger partial charge in [-0.25, -0.2) is 0 Å². The number of rotatable bonds is 3. The second-order valence-electron chi connectivity index (χ2n) is 4.43. The molecule has 0 aromatic rings. The summed E-state index contributed by atoms with van der Waals surface area (Å²) >= 11 is 5.98. The van der Waals surface area contributed by atoms with E-state index in [9.17, 15) is 0 Å². The van der Waals surface area contributed by atoms with Gasteiger partial charge < -0.3 is 4.74 Å². The summed E-state index contributed by atoms with van der Waals surface area (Å²) in [5, 5.41) is 0. The lowest BCUT2D eigenvalue weighted by molar-refractivity contribution is -0.00648. The van der Waals surface area contributed by atoms with Crippen LogP contribution in [0.15, 0.2) is 0 Å². The zero-order chi connectivity index (χ0) is 9.12. The summed E-state index contributed by atoms with van der Waals surface area (Å²) in [6.07, 6.45) is 0.895. The molecule has 0 heterocycles. The Labute approximate surface area is 75.1 Å². The van der Waals surface area contributed by atoms with Crippen molar-refractivity contribution in [1.82, 2.24) is 0 Å². The van der Waals surface area contributed by atoms with E-state index in [-0.39, 0.29) is 10.5 Å². The zero-order valence-electron chi connectivity index (χ0n) is 8.20. The number of ether oxygens (including phenoxy) is 1. The fourth-order valence-electron chi connectivity index (χ4n) is 0.600. The molecule has 0 N–H and O–H groups in total. The predicted molar refractivity (Wildman–Crippen MR) is 50.3 cm³/mol. The molecule has 0 atom stereocenters. The standard InChI is InChI=1S/C9H19ClO/c1-8(2,3)11-7-6-9(4,5)10/h6-7H2,1-5H3. The summed E-state index contributed by atoms with van der Waals surface area (Å²) < 4.78 is 5.52. The van der Waals surface area contributed by atoms with Crippen LogP contribution in [0.1, 0.15) is 41.0 Å². The van der Waals surface area contributed by atoms with Gasteiger partial charge in [-0.15, -0.1) is 11.6 Å². The van der Waals surface area contributed by atoms with Crippen LogP contribution in [0.3, 0.4) is 0 Å². The van der Waals surface area contributed by atoms with Crippen LogP contribution >= 0.6 is 11.6 Å². The van der Waals surface area contributed by atoms with Crippen molar-refractivity contribution in [3.63, 3.8) is 0 Å². The minimum Gasteiger partial charge on any atom is -0.376 e. The number of hydrogen-bond donors (Lipinski definition) is 0. The molecule has 0 unspecified atom stereocenters. The third-order valence-electron chi connectivity index (χ3n) is 1.23. The fraction of sp³-hybridized carbons (Fsp3) is 1.00. The molecule has 0 saturated heterocycles. The molecule has 1 nitrogen and oxygen atoms in total. The van der Waals surface area contributed by atoms with Crippen molar-refractivity contribution in [3.8, 4) is 0 Å². The van der Waals surface area contributed by atoms with Gasteiger partial charge >= 0.3 is 0 Å². The predicted octanol–water partition coefficient (Wildman–Crippen LogP) is 3.21. The first-order valence-corrected chi connectivity index (χ1v) is 4.41. The molecule has 0 amide bonds. The van der Waals surface area contributed by atoms with Gasteiger partial charge in [0.25, 0.3) is 0 Å². The van der Waals surface area contributed by atoms with Crippen LogP contribution in [-0.4, -0.2) is 17.1 Å². The molecular formula is C9H19ClO. The first-order valence-electron chi connectivity index (χ1n) is 4.04. The molecule has 0 aliphatic carbocycles. The highest BCUT2D eigenvalue weighted by molar-refractivity contribution is 6.23. The number of hydrogen-bond acceptors (Lipinski definition) is 1. The quantitative estimate of drug-likeness (QED) is 0.604. The molecule has 2 heteroatoms. The van der Waals surface area contributed by atoms with Gasteiger partial charge in [-0.1, -0.05) is 0 Å². The molecule has 0 bridgehead atoms. The molecular weight excluding hydrogens is 160 g/mol. The molecule has 0 rings (SSSR count). The maximum Gasteiger partial charge on any atom is 0.0598 e. The van der Waals surface area contributed by atoms with E-state index in [1.54, 1.807) is 0 Å². The van der Waals surface area contributed by atoms with Crippen LogP contribution < -0.4 is 0 Å². The molecule has 0 spiro atoms. The highest BCUT2D eigenvalue weighted by Crippen LogP contribution is 2.18. The van der Waals surface area contributed by atoms with Gasteiger partial charge in [0.05, 0.1) is 5.60 Å². The smallest absolute Gasteiger partial charge is 0.0598 e. The van der Waals surface area contributed by atoms with Gasteiger partial charge in [0.2, 0.25) is 0 Å². The van der Waals surface area contributed by atoms with Crippen molar-refractivity contribution in [2.24, 2.45) is 0 Å². The highest BCUT2D eigenvalue weighted by Gasteiger charge is 2.15. The van der Waals surface area contributed by atoms with Crippen molar-refractivity contribution < 1.29 is 4.74 Å². The van der Waals surface area contributed by atoms with Crippen LogP contribution in [0.25, 0.3) is 0 Å². The summed E-state index contributed by atoms with van der Waals surface area (Å²) in [7, 11) is 0. The lowest BCUT2D eigenvalue weighted by Crippen LogP contribution is -2.23. The zero-order valence-corrected chi connectivity index (χ0v) is 8.96. The first-order chi connectivity index (χ1) is 4.71. The SMILES string of the molecule is CC(C)(Cl)CCOC(C)(C)C. The monoisotopic (exact) mass is 178 g/mol. The minimum absolute atomic E-state index is 0.0395. The summed E-state index contributed by atoms with van der Waals surface area (Å²) in [6, 6.07) is 0. The van der Waals surface area contributed by atoms with Gasteiger partial charge in [0.15, 0.2) is 0 Å². The molecule has 0 aromatic heterocycles. The largest absolute Gasteiger partial charge is 0.376 e. The maximum absolute atomic E-state index is 5.98. The average Bonchev–Trinajstić information content (AvgIpc) is 1.55. The van der Waals surface area contributed by atoms with Crippen LogP contribution in [-0.2, 0) is 4.74 Å². The van der Waals surface area contributed by atoms with Crippen LogP contribution in [0.2, 0.25) is 0 Å². The van der Waals surface area contributed by atoms with E-state index in [0.29, 0.717) is 0 Å². The van der Waals surface area contributed by atoms with Crippen molar-refractivity contribution in [3.05, 3.63) is 0 Å². The molecule has 0 aliphatic rings. The lowest BCUT2D eigenvalue weighted by atomic mass is 10.1. The molecule has 0 radical (unpaired) electrons. The number of alkyl halides is 1. The van der Waals surface area contributed by atoms with Gasteiger partial charge in [0, 0.05) is 11.5 Å². The van der Waals surface area contributed by atoms with E-state index >= 15 is 0 Å².